The first-order valence-electron chi connectivity index (χ1n) is 8.57. The van der Waals surface area contributed by atoms with Gasteiger partial charge in [0, 0.05) is 12.2 Å². The first kappa shape index (κ1) is 17.5. The Bertz CT molecular complexity index is 1010. The molecule has 1 aromatic heterocycles. The van der Waals surface area contributed by atoms with Gasteiger partial charge in [-0.3, -0.25) is 4.79 Å². The summed E-state index contributed by atoms with van der Waals surface area (Å²) in [4.78, 5) is 14.7. The van der Waals surface area contributed by atoms with Gasteiger partial charge in [-0.2, -0.15) is 0 Å². The summed E-state index contributed by atoms with van der Waals surface area (Å²) in [5.74, 6) is 5.85. The molecular formula is C19H18FN5OS. The first-order chi connectivity index (χ1) is 13.1. The molecule has 0 bridgehead atoms. The number of aromatic nitrogens is 3. The van der Waals surface area contributed by atoms with Gasteiger partial charge >= 0.3 is 0 Å². The molecular weight excluding hydrogens is 365 g/mol. The number of para-hydroxylation sites is 1. The molecule has 0 unspecified atom stereocenters. The van der Waals surface area contributed by atoms with Gasteiger partial charge < -0.3 is 10.7 Å². The summed E-state index contributed by atoms with van der Waals surface area (Å²) in [7, 11) is 0. The zero-order valence-electron chi connectivity index (χ0n) is 14.7. The van der Waals surface area contributed by atoms with Crippen LogP contribution < -0.4 is 10.7 Å². The van der Waals surface area contributed by atoms with Gasteiger partial charge in [0.05, 0.1) is 10.8 Å². The number of benzene rings is 2. The van der Waals surface area contributed by atoms with Gasteiger partial charge in [0.2, 0.25) is 11.1 Å². The summed E-state index contributed by atoms with van der Waals surface area (Å²) in [6, 6.07) is 14.1. The predicted octanol–water partition coefficient (Wildman–Crippen LogP) is 2.87. The van der Waals surface area contributed by atoms with Gasteiger partial charge in [-0.05, 0) is 37.1 Å². The zero-order chi connectivity index (χ0) is 19.0. The largest absolute Gasteiger partial charge is 0.335 e. The van der Waals surface area contributed by atoms with Crippen LogP contribution in [0.5, 0.6) is 0 Å². The maximum atomic E-state index is 14.0. The van der Waals surface area contributed by atoms with Gasteiger partial charge in [0.15, 0.2) is 5.82 Å². The molecule has 2 N–H and O–H groups in total. The lowest BCUT2D eigenvalue weighted by Gasteiger charge is -2.21. The summed E-state index contributed by atoms with van der Waals surface area (Å²) >= 11 is 1.21. The molecule has 0 fully saturated rings. The van der Waals surface area contributed by atoms with Crippen LogP contribution in [0.1, 0.15) is 12.5 Å². The number of fused-ring (bicyclic) bond motifs is 1. The number of carbonyl (C=O) groups is 1. The van der Waals surface area contributed by atoms with E-state index in [0.717, 1.165) is 12.1 Å². The fourth-order valence-electron chi connectivity index (χ4n) is 3.18. The molecule has 0 radical (unpaired) electrons. The Morgan fingerprint density at radius 1 is 1.19 bits per heavy atom. The summed E-state index contributed by atoms with van der Waals surface area (Å²) in [6.45, 7) is 2.48. The molecule has 0 spiro atoms. The standard InChI is InChI=1S/C19H18FN5OS/c1-12(18(26)24-11-10-13-6-2-5-9-16(13)24)27-19-23-22-17(25(19)21)14-7-3-4-8-15(14)20/h2-9,12H,10-11,21H2,1H3/t12-/m1/s1. The molecule has 2 heterocycles. The number of halogens is 1. The highest BCUT2D eigenvalue weighted by Crippen LogP contribution is 2.32. The van der Waals surface area contributed by atoms with E-state index in [0.29, 0.717) is 11.7 Å². The van der Waals surface area contributed by atoms with Crippen molar-refractivity contribution in [1.82, 2.24) is 14.9 Å². The van der Waals surface area contributed by atoms with Crippen molar-refractivity contribution in [1.29, 1.82) is 0 Å². The second kappa shape index (κ2) is 7.03. The van der Waals surface area contributed by atoms with E-state index >= 15 is 0 Å². The Morgan fingerprint density at radius 2 is 1.93 bits per heavy atom. The van der Waals surface area contributed by atoms with Crippen LogP contribution in [0.25, 0.3) is 11.4 Å². The molecule has 1 aliphatic rings. The van der Waals surface area contributed by atoms with E-state index in [1.54, 1.807) is 23.1 Å². The number of nitrogen functional groups attached to an aromatic ring is 1. The molecule has 0 saturated heterocycles. The number of hydrogen-bond donors (Lipinski definition) is 1. The van der Waals surface area contributed by atoms with Crippen molar-refractivity contribution < 1.29 is 9.18 Å². The second-order valence-electron chi connectivity index (χ2n) is 6.28. The summed E-state index contributed by atoms with van der Waals surface area (Å²) in [5, 5.41) is 7.99. The number of rotatable bonds is 4. The highest BCUT2D eigenvalue weighted by molar-refractivity contribution is 8.00. The molecule has 0 aliphatic carbocycles. The van der Waals surface area contributed by atoms with Crippen LogP contribution in [0.3, 0.4) is 0 Å². The lowest BCUT2D eigenvalue weighted by Crippen LogP contribution is -2.35. The highest BCUT2D eigenvalue weighted by Gasteiger charge is 2.29. The molecule has 6 nitrogen and oxygen atoms in total. The average molecular weight is 383 g/mol. The molecule has 1 amide bonds. The Kier molecular flexibility index (Phi) is 4.57. The van der Waals surface area contributed by atoms with Crippen molar-refractivity contribution in [3.63, 3.8) is 0 Å². The van der Waals surface area contributed by atoms with E-state index in [4.69, 9.17) is 5.84 Å². The van der Waals surface area contributed by atoms with Crippen molar-refractivity contribution in [2.24, 2.45) is 0 Å². The van der Waals surface area contributed by atoms with Gasteiger partial charge in [-0.1, -0.05) is 42.1 Å². The minimum atomic E-state index is -0.425. The van der Waals surface area contributed by atoms with E-state index in [1.165, 1.54) is 28.1 Å². The molecule has 0 saturated carbocycles. The predicted molar refractivity (Wildman–Crippen MR) is 103 cm³/mol. The molecule has 1 atom stereocenters. The fraction of sp³-hybridized carbons (Fsp3) is 0.211. The second-order valence-corrected chi connectivity index (χ2v) is 7.59. The van der Waals surface area contributed by atoms with Crippen molar-refractivity contribution in [3.8, 4) is 11.4 Å². The van der Waals surface area contributed by atoms with E-state index in [9.17, 15) is 9.18 Å². The highest BCUT2D eigenvalue weighted by atomic mass is 32.2. The molecule has 2 aromatic carbocycles. The van der Waals surface area contributed by atoms with Crippen molar-refractivity contribution >= 4 is 23.4 Å². The summed E-state index contributed by atoms with van der Waals surface area (Å²) in [5.41, 5.74) is 2.40. The normalized spacial score (nSPS) is 14.2. The topological polar surface area (TPSA) is 77.0 Å². The monoisotopic (exact) mass is 383 g/mol. The van der Waals surface area contributed by atoms with Crippen LogP contribution in [0.2, 0.25) is 0 Å². The minimum Gasteiger partial charge on any atom is -0.335 e. The van der Waals surface area contributed by atoms with Crippen molar-refractivity contribution in [2.45, 2.75) is 23.8 Å². The van der Waals surface area contributed by atoms with Crippen LogP contribution >= 0.6 is 11.8 Å². The minimum absolute atomic E-state index is 0.0135. The number of hydrogen-bond acceptors (Lipinski definition) is 5. The van der Waals surface area contributed by atoms with Crippen LogP contribution in [-0.4, -0.2) is 32.6 Å². The number of carbonyl (C=O) groups excluding carboxylic acids is 1. The van der Waals surface area contributed by atoms with E-state index in [-0.39, 0.29) is 17.3 Å². The van der Waals surface area contributed by atoms with Crippen molar-refractivity contribution in [3.05, 3.63) is 59.9 Å². The van der Waals surface area contributed by atoms with Crippen LogP contribution in [0.4, 0.5) is 10.1 Å². The molecule has 1 aliphatic heterocycles. The molecule has 27 heavy (non-hydrogen) atoms. The van der Waals surface area contributed by atoms with Crippen LogP contribution in [0, 0.1) is 5.82 Å². The van der Waals surface area contributed by atoms with E-state index < -0.39 is 11.1 Å². The Morgan fingerprint density at radius 3 is 2.74 bits per heavy atom. The quantitative estimate of drug-likeness (QED) is 0.554. The van der Waals surface area contributed by atoms with E-state index in [1.807, 2.05) is 31.2 Å². The molecule has 3 aromatic rings. The number of nitrogens with two attached hydrogens (primary N) is 1. The number of nitrogens with zero attached hydrogens (tertiary/aromatic N) is 4. The lowest BCUT2D eigenvalue weighted by molar-refractivity contribution is -0.117. The Hall–Kier alpha value is -2.87. The Balaban J connectivity index is 1.53. The van der Waals surface area contributed by atoms with Crippen LogP contribution in [0.15, 0.2) is 53.7 Å². The molecule has 4 rings (SSSR count). The lowest BCUT2D eigenvalue weighted by atomic mass is 10.2. The van der Waals surface area contributed by atoms with Gasteiger partial charge in [-0.15, -0.1) is 10.2 Å². The smallest absolute Gasteiger partial charge is 0.240 e. The third-order valence-corrected chi connectivity index (χ3v) is 5.61. The maximum absolute atomic E-state index is 14.0. The SMILES string of the molecule is C[C@@H](Sc1nnc(-c2ccccc2F)n1N)C(=O)N1CCc2ccccc21. The van der Waals surface area contributed by atoms with E-state index in [2.05, 4.69) is 10.2 Å². The van der Waals surface area contributed by atoms with Crippen molar-refractivity contribution in [2.75, 3.05) is 17.3 Å². The molecule has 138 valence electrons. The maximum Gasteiger partial charge on any atom is 0.240 e. The zero-order valence-corrected chi connectivity index (χ0v) is 15.5. The van der Waals surface area contributed by atoms with Gasteiger partial charge in [-0.25, -0.2) is 9.07 Å². The fourth-order valence-corrected chi connectivity index (χ4v) is 4.01. The number of amides is 1. The van der Waals surface area contributed by atoms with Crippen LogP contribution in [-0.2, 0) is 11.2 Å². The average Bonchev–Trinajstić information content (AvgIpc) is 3.26. The third kappa shape index (κ3) is 3.16. The number of anilines is 1. The van der Waals surface area contributed by atoms with Gasteiger partial charge in [0.25, 0.3) is 0 Å². The first-order valence-corrected chi connectivity index (χ1v) is 9.45. The molecule has 8 heteroatoms. The summed E-state index contributed by atoms with van der Waals surface area (Å²) in [6.07, 6.45) is 0.851. The summed E-state index contributed by atoms with van der Waals surface area (Å²) < 4.78 is 15.2. The third-order valence-electron chi connectivity index (χ3n) is 4.56. The van der Waals surface area contributed by atoms with Gasteiger partial charge in [0.1, 0.15) is 5.82 Å². The number of thioether (sulfide) groups is 1. The Labute approximate surface area is 160 Å².